The molecule has 2 fully saturated rings. The van der Waals surface area contributed by atoms with Crippen molar-refractivity contribution < 1.29 is 9.90 Å². The largest absolute Gasteiger partial charge is 0.392 e. The van der Waals surface area contributed by atoms with E-state index < -0.39 is 0 Å². The van der Waals surface area contributed by atoms with E-state index in [0.717, 1.165) is 12.8 Å². The van der Waals surface area contributed by atoms with Gasteiger partial charge in [-0.05, 0) is 46.2 Å². The highest BCUT2D eigenvalue weighted by molar-refractivity contribution is 5.82. The Kier molecular flexibility index (Phi) is 4.59. The molecular weight excluding hydrogens is 230 g/mol. The van der Waals surface area contributed by atoms with Gasteiger partial charge in [0, 0.05) is 18.6 Å². The molecule has 0 aromatic heterocycles. The summed E-state index contributed by atoms with van der Waals surface area (Å²) in [6.07, 6.45) is 4.67. The average Bonchev–Trinajstić information content (AvgIpc) is 2.76. The van der Waals surface area contributed by atoms with Crippen LogP contribution in [0.3, 0.4) is 0 Å². The van der Waals surface area contributed by atoms with Gasteiger partial charge in [-0.25, -0.2) is 0 Å². The fourth-order valence-electron chi connectivity index (χ4n) is 2.98. The molecule has 5 heteroatoms. The second-order valence-corrected chi connectivity index (χ2v) is 5.84. The van der Waals surface area contributed by atoms with Gasteiger partial charge in [0.25, 0.3) is 0 Å². The van der Waals surface area contributed by atoms with Crippen molar-refractivity contribution in [2.24, 2.45) is 0 Å². The van der Waals surface area contributed by atoms with Gasteiger partial charge in [-0.1, -0.05) is 0 Å². The summed E-state index contributed by atoms with van der Waals surface area (Å²) in [7, 11) is 4.20. The molecule has 5 nitrogen and oxygen atoms in total. The molecule has 2 aliphatic rings. The van der Waals surface area contributed by atoms with Crippen LogP contribution >= 0.6 is 0 Å². The zero-order valence-corrected chi connectivity index (χ0v) is 11.4. The Bertz CT molecular complexity index is 296. The van der Waals surface area contributed by atoms with E-state index in [9.17, 15) is 9.90 Å². The Morgan fingerprint density at radius 1 is 1.33 bits per heavy atom. The Hall–Kier alpha value is -0.650. The van der Waals surface area contributed by atoms with Gasteiger partial charge >= 0.3 is 0 Å². The van der Waals surface area contributed by atoms with E-state index in [1.807, 2.05) is 0 Å². The summed E-state index contributed by atoms with van der Waals surface area (Å²) in [4.78, 5) is 14.3. The molecule has 1 aliphatic heterocycles. The normalized spacial score (nSPS) is 36.9. The Balaban J connectivity index is 1.80. The SMILES string of the molecule is CN(C)C1CCCC(NC(=O)C2CC(O)CN2)C1. The lowest BCUT2D eigenvalue weighted by molar-refractivity contribution is -0.124. The molecule has 4 atom stereocenters. The number of aliphatic hydroxyl groups excluding tert-OH is 1. The lowest BCUT2D eigenvalue weighted by Crippen LogP contribution is -2.48. The summed E-state index contributed by atoms with van der Waals surface area (Å²) in [5.41, 5.74) is 0. The number of hydrogen-bond acceptors (Lipinski definition) is 4. The third-order valence-corrected chi connectivity index (χ3v) is 4.15. The Morgan fingerprint density at radius 2 is 2.11 bits per heavy atom. The van der Waals surface area contributed by atoms with Crippen LogP contribution in [-0.4, -0.2) is 60.8 Å². The standard InChI is InChI=1S/C13H25N3O2/c1-16(2)10-5-3-4-9(6-10)15-13(18)12-7-11(17)8-14-12/h9-12,14,17H,3-8H2,1-2H3,(H,15,18). The van der Waals surface area contributed by atoms with Crippen LogP contribution in [0.1, 0.15) is 32.1 Å². The third kappa shape index (κ3) is 3.43. The highest BCUT2D eigenvalue weighted by atomic mass is 16.3. The number of carbonyl (C=O) groups excluding carboxylic acids is 1. The number of nitrogens with one attached hydrogen (secondary N) is 2. The molecule has 0 radical (unpaired) electrons. The molecule has 0 spiro atoms. The van der Waals surface area contributed by atoms with Crippen molar-refractivity contribution in [3.63, 3.8) is 0 Å². The summed E-state index contributed by atoms with van der Waals surface area (Å²) < 4.78 is 0. The number of nitrogens with zero attached hydrogens (tertiary/aromatic N) is 1. The number of rotatable bonds is 3. The zero-order valence-electron chi connectivity index (χ0n) is 11.4. The van der Waals surface area contributed by atoms with Gasteiger partial charge in [-0.2, -0.15) is 0 Å². The van der Waals surface area contributed by atoms with Crippen LogP contribution in [0, 0.1) is 0 Å². The smallest absolute Gasteiger partial charge is 0.237 e. The minimum atomic E-state index is -0.373. The fourth-order valence-corrected chi connectivity index (χ4v) is 2.98. The van der Waals surface area contributed by atoms with Crippen LogP contribution in [0.15, 0.2) is 0 Å². The number of amides is 1. The molecule has 18 heavy (non-hydrogen) atoms. The maximum Gasteiger partial charge on any atom is 0.237 e. The topological polar surface area (TPSA) is 64.6 Å². The number of aliphatic hydroxyl groups is 1. The molecular formula is C13H25N3O2. The average molecular weight is 255 g/mol. The van der Waals surface area contributed by atoms with Crippen LogP contribution in [0.5, 0.6) is 0 Å². The van der Waals surface area contributed by atoms with Crippen LogP contribution in [0.25, 0.3) is 0 Å². The number of β-amino-alcohol motifs (C(OH)–C–C–N with tert-alkyl or cyclic N) is 1. The first-order valence-corrected chi connectivity index (χ1v) is 6.94. The Labute approximate surface area is 109 Å². The van der Waals surface area contributed by atoms with E-state index in [4.69, 9.17) is 0 Å². The third-order valence-electron chi connectivity index (χ3n) is 4.15. The van der Waals surface area contributed by atoms with Gasteiger partial charge in [-0.15, -0.1) is 0 Å². The maximum absolute atomic E-state index is 12.0. The second-order valence-electron chi connectivity index (χ2n) is 5.84. The van der Waals surface area contributed by atoms with E-state index in [1.54, 1.807) is 0 Å². The van der Waals surface area contributed by atoms with Gasteiger partial charge in [0.05, 0.1) is 12.1 Å². The van der Waals surface area contributed by atoms with E-state index >= 15 is 0 Å². The monoisotopic (exact) mass is 255 g/mol. The lowest BCUT2D eigenvalue weighted by Gasteiger charge is -2.34. The zero-order chi connectivity index (χ0) is 13.1. The lowest BCUT2D eigenvalue weighted by atomic mass is 9.90. The quantitative estimate of drug-likeness (QED) is 0.648. The van der Waals surface area contributed by atoms with Gasteiger partial charge < -0.3 is 20.6 Å². The molecule has 2 rings (SSSR count). The van der Waals surface area contributed by atoms with Gasteiger partial charge in [-0.3, -0.25) is 4.79 Å². The first kappa shape index (κ1) is 13.8. The molecule has 4 unspecified atom stereocenters. The summed E-state index contributed by atoms with van der Waals surface area (Å²) in [6.45, 7) is 0.531. The van der Waals surface area contributed by atoms with E-state index in [2.05, 4.69) is 29.6 Å². The second kappa shape index (κ2) is 5.99. The minimum Gasteiger partial charge on any atom is -0.392 e. The molecule has 1 amide bonds. The van der Waals surface area contributed by atoms with E-state index in [-0.39, 0.29) is 24.1 Å². The molecule has 0 aromatic rings. The molecule has 1 saturated heterocycles. The van der Waals surface area contributed by atoms with Crippen LogP contribution in [0.4, 0.5) is 0 Å². The highest BCUT2D eigenvalue weighted by Crippen LogP contribution is 2.22. The number of hydrogen-bond donors (Lipinski definition) is 3. The van der Waals surface area contributed by atoms with Gasteiger partial charge in [0.2, 0.25) is 5.91 Å². The van der Waals surface area contributed by atoms with Crippen molar-refractivity contribution in [2.75, 3.05) is 20.6 Å². The van der Waals surface area contributed by atoms with Gasteiger partial charge in [0.1, 0.15) is 0 Å². The number of carbonyl (C=O) groups is 1. The van der Waals surface area contributed by atoms with Crippen LogP contribution < -0.4 is 10.6 Å². The fraction of sp³-hybridized carbons (Fsp3) is 0.923. The predicted molar refractivity (Wildman–Crippen MR) is 70.3 cm³/mol. The summed E-state index contributed by atoms with van der Waals surface area (Å²) in [5.74, 6) is 0.0518. The highest BCUT2D eigenvalue weighted by Gasteiger charge is 2.31. The van der Waals surface area contributed by atoms with Crippen molar-refractivity contribution in [3.05, 3.63) is 0 Å². The molecule has 0 bridgehead atoms. The molecule has 3 N–H and O–H groups in total. The predicted octanol–water partition coefficient (Wildman–Crippen LogP) is -0.302. The molecule has 0 aromatic carbocycles. The van der Waals surface area contributed by atoms with E-state index in [1.165, 1.54) is 12.8 Å². The summed E-state index contributed by atoms with van der Waals surface area (Å²) in [6, 6.07) is 0.657. The van der Waals surface area contributed by atoms with E-state index in [0.29, 0.717) is 19.0 Å². The molecule has 1 aliphatic carbocycles. The van der Waals surface area contributed by atoms with Gasteiger partial charge in [0.15, 0.2) is 0 Å². The van der Waals surface area contributed by atoms with Crippen LogP contribution in [0.2, 0.25) is 0 Å². The first-order valence-electron chi connectivity index (χ1n) is 6.94. The minimum absolute atomic E-state index is 0.0518. The van der Waals surface area contributed by atoms with Crippen molar-refractivity contribution in [3.8, 4) is 0 Å². The maximum atomic E-state index is 12.0. The molecule has 1 heterocycles. The Morgan fingerprint density at radius 3 is 2.72 bits per heavy atom. The van der Waals surface area contributed by atoms with Crippen molar-refractivity contribution >= 4 is 5.91 Å². The van der Waals surface area contributed by atoms with Crippen molar-refractivity contribution in [2.45, 2.75) is 56.3 Å². The summed E-state index contributed by atoms with van der Waals surface area (Å²) >= 11 is 0. The molecule has 104 valence electrons. The first-order chi connectivity index (χ1) is 8.56. The molecule has 1 saturated carbocycles. The summed E-state index contributed by atoms with van der Waals surface area (Å²) in [5, 5.41) is 15.6. The van der Waals surface area contributed by atoms with Crippen molar-refractivity contribution in [1.82, 2.24) is 15.5 Å². The van der Waals surface area contributed by atoms with Crippen LogP contribution in [-0.2, 0) is 4.79 Å². The van der Waals surface area contributed by atoms with Crippen molar-refractivity contribution in [1.29, 1.82) is 0 Å².